The number of carbonyl (C=O) groups is 1. The monoisotopic (exact) mass is 313 g/mol. The molecule has 0 spiro atoms. The number of carboxylic acid groups (broad SMARTS) is 1. The normalized spacial score (nSPS) is 17.3. The summed E-state index contributed by atoms with van der Waals surface area (Å²) in [4.78, 5) is 21.4. The van der Waals surface area contributed by atoms with E-state index < -0.39 is 11.5 Å². The van der Waals surface area contributed by atoms with Crippen molar-refractivity contribution in [2.75, 3.05) is 19.1 Å². The molecule has 6 nitrogen and oxygen atoms in total. The van der Waals surface area contributed by atoms with Gasteiger partial charge in [-0.1, -0.05) is 30.9 Å². The van der Waals surface area contributed by atoms with Crippen molar-refractivity contribution in [1.82, 2.24) is 9.97 Å². The Labute approximate surface area is 129 Å². The number of rotatable bonds is 5. The van der Waals surface area contributed by atoms with Gasteiger partial charge in [-0.05, 0) is 12.8 Å². The molecule has 21 heavy (non-hydrogen) atoms. The standard InChI is InChI=1S/C14H20ClN3O3/c1-18(12-10(15)9-16-13(17-12)21-2)14(8-11(19)20)6-4-3-5-7-14/h9H,3-8H2,1-2H3,(H,19,20). The predicted octanol–water partition coefficient (Wildman–Crippen LogP) is 2.75. The summed E-state index contributed by atoms with van der Waals surface area (Å²) < 4.78 is 5.04. The number of halogens is 1. The molecule has 1 aromatic heterocycles. The molecule has 2 rings (SSSR count). The lowest BCUT2D eigenvalue weighted by atomic mass is 9.78. The summed E-state index contributed by atoms with van der Waals surface area (Å²) in [6.07, 6.45) is 6.35. The lowest BCUT2D eigenvalue weighted by Gasteiger charge is -2.44. The van der Waals surface area contributed by atoms with E-state index >= 15 is 0 Å². The first-order chi connectivity index (χ1) is 9.98. The minimum atomic E-state index is -0.805. The topological polar surface area (TPSA) is 75.5 Å². The number of methoxy groups -OCH3 is 1. The fraction of sp³-hybridized carbons (Fsp3) is 0.643. The Morgan fingerprint density at radius 3 is 2.71 bits per heavy atom. The van der Waals surface area contributed by atoms with Gasteiger partial charge >= 0.3 is 12.0 Å². The second-order valence-electron chi connectivity index (χ2n) is 5.44. The Bertz CT molecular complexity index is 518. The van der Waals surface area contributed by atoms with E-state index in [1.165, 1.54) is 13.3 Å². The molecule has 0 aromatic carbocycles. The van der Waals surface area contributed by atoms with Crippen molar-refractivity contribution in [2.45, 2.75) is 44.1 Å². The third-order valence-electron chi connectivity index (χ3n) is 4.18. The van der Waals surface area contributed by atoms with Gasteiger partial charge in [-0.3, -0.25) is 4.79 Å². The lowest BCUT2D eigenvalue weighted by Crippen LogP contribution is -2.50. The summed E-state index contributed by atoms with van der Waals surface area (Å²) in [5.74, 6) is -0.285. The molecule has 1 saturated carbocycles. The van der Waals surface area contributed by atoms with Crippen LogP contribution >= 0.6 is 11.6 Å². The molecule has 1 N–H and O–H groups in total. The number of hydrogen-bond donors (Lipinski definition) is 1. The number of carboxylic acids is 1. The van der Waals surface area contributed by atoms with Crippen LogP contribution in [-0.2, 0) is 4.79 Å². The Morgan fingerprint density at radius 1 is 1.48 bits per heavy atom. The molecule has 1 heterocycles. The molecule has 0 atom stereocenters. The molecule has 1 fully saturated rings. The van der Waals surface area contributed by atoms with Gasteiger partial charge in [-0.2, -0.15) is 4.98 Å². The van der Waals surface area contributed by atoms with Crippen LogP contribution in [0.4, 0.5) is 5.82 Å². The Kier molecular flexibility index (Phi) is 4.88. The maximum Gasteiger partial charge on any atom is 0.318 e. The van der Waals surface area contributed by atoms with Crippen LogP contribution in [0.25, 0.3) is 0 Å². The number of aromatic nitrogens is 2. The maximum atomic E-state index is 11.3. The first-order valence-corrected chi connectivity index (χ1v) is 7.38. The van der Waals surface area contributed by atoms with Gasteiger partial charge < -0.3 is 14.7 Å². The summed E-state index contributed by atoms with van der Waals surface area (Å²) in [6.45, 7) is 0. The molecule has 7 heteroatoms. The second kappa shape index (κ2) is 6.47. The van der Waals surface area contributed by atoms with E-state index in [2.05, 4.69) is 9.97 Å². The van der Waals surface area contributed by atoms with Crippen molar-refractivity contribution in [2.24, 2.45) is 0 Å². The first-order valence-electron chi connectivity index (χ1n) is 7.01. The van der Waals surface area contributed by atoms with Crippen molar-refractivity contribution in [3.05, 3.63) is 11.2 Å². The fourth-order valence-electron chi connectivity index (χ4n) is 3.02. The third-order valence-corrected chi connectivity index (χ3v) is 4.45. The fourth-order valence-corrected chi connectivity index (χ4v) is 3.24. The molecule has 0 unspecified atom stereocenters. The van der Waals surface area contributed by atoms with E-state index in [1.54, 1.807) is 0 Å². The molecule has 1 aromatic rings. The van der Waals surface area contributed by atoms with Crippen LogP contribution in [-0.4, -0.2) is 40.7 Å². The Hall–Kier alpha value is -1.56. The van der Waals surface area contributed by atoms with Gasteiger partial charge in [-0.25, -0.2) is 4.98 Å². The van der Waals surface area contributed by atoms with Crippen LogP contribution in [0.15, 0.2) is 6.20 Å². The Balaban J connectivity index is 2.37. The zero-order valence-electron chi connectivity index (χ0n) is 12.3. The molecule has 0 bridgehead atoms. The van der Waals surface area contributed by atoms with Gasteiger partial charge in [0.2, 0.25) is 0 Å². The number of hydrogen-bond acceptors (Lipinski definition) is 5. The Morgan fingerprint density at radius 2 is 2.14 bits per heavy atom. The van der Waals surface area contributed by atoms with Gasteiger partial charge in [0, 0.05) is 7.05 Å². The summed E-state index contributed by atoms with van der Waals surface area (Å²) in [7, 11) is 3.34. The van der Waals surface area contributed by atoms with Crippen molar-refractivity contribution < 1.29 is 14.6 Å². The zero-order chi connectivity index (χ0) is 15.5. The van der Waals surface area contributed by atoms with Crippen molar-refractivity contribution in [1.29, 1.82) is 0 Å². The van der Waals surface area contributed by atoms with Crippen molar-refractivity contribution >= 4 is 23.4 Å². The third kappa shape index (κ3) is 3.37. The van der Waals surface area contributed by atoms with Gasteiger partial charge in [-0.15, -0.1) is 0 Å². The molecule has 0 saturated heterocycles. The SMILES string of the molecule is COc1ncc(Cl)c(N(C)C2(CC(=O)O)CCCCC2)n1. The molecular weight excluding hydrogens is 294 g/mol. The summed E-state index contributed by atoms with van der Waals surface area (Å²) in [5, 5.41) is 9.68. The average Bonchev–Trinajstić information content (AvgIpc) is 2.47. The summed E-state index contributed by atoms with van der Waals surface area (Å²) in [5.41, 5.74) is -0.451. The highest BCUT2D eigenvalue weighted by Gasteiger charge is 2.39. The van der Waals surface area contributed by atoms with Crippen LogP contribution in [0.5, 0.6) is 6.01 Å². The highest BCUT2D eigenvalue weighted by atomic mass is 35.5. The van der Waals surface area contributed by atoms with Gasteiger partial charge in [0.25, 0.3) is 0 Å². The first kappa shape index (κ1) is 15.8. The minimum absolute atomic E-state index is 0.0755. The summed E-state index contributed by atoms with van der Waals surface area (Å²) >= 11 is 6.20. The highest BCUT2D eigenvalue weighted by molar-refractivity contribution is 6.32. The van der Waals surface area contributed by atoms with E-state index in [9.17, 15) is 9.90 Å². The zero-order valence-corrected chi connectivity index (χ0v) is 13.1. The highest BCUT2D eigenvalue weighted by Crippen LogP contribution is 2.40. The molecule has 0 radical (unpaired) electrons. The number of ether oxygens (including phenoxy) is 1. The molecule has 1 aliphatic rings. The average molecular weight is 314 g/mol. The van der Waals surface area contributed by atoms with Crippen molar-refractivity contribution in [3.63, 3.8) is 0 Å². The van der Waals surface area contributed by atoms with Crippen molar-refractivity contribution in [3.8, 4) is 6.01 Å². The summed E-state index contributed by atoms with van der Waals surface area (Å²) in [6, 6.07) is 0.225. The number of aliphatic carboxylic acids is 1. The van der Waals surface area contributed by atoms with Crippen LogP contribution in [0.1, 0.15) is 38.5 Å². The van der Waals surface area contributed by atoms with Crippen LogP contribution in [0, 0.1) is 0 Å². The van der Waals surface area contributed by atoms with Crippen LogP contribution in [0.3, 0.4) is 0 Å². The van der Waals surface area contributed by atoms with E-state index in [0.717, 1.165) is 32.1 Å². The maximum absolute atomic E-state index is 11.3. The molecule has 116 valence electrons. The predicted molar refractivity (Wildman–Crippen MR) is 80.1 cm³/mol. The van der Waals surface area contributed by atoms with Crippen LogP contribution < -0.4 is 9.64 Å². The van der Waals surface area contributed by atoms with Gasteiger partial charge in [0.05, 0.1) is 25.3 Å². The smallest absolute Gasteiger partial charge is 0.318 e. The molecule has 1 aliphatic carbocycles. The van der Waals surface area contributed by atoms with E-state index in [4.69, 9.17) is 16.3 Å². The largest absolute Gasteiger partial charge is 0.481 e. The minimum Gasteiger partial charge on any atom is -0.481 e. The van der Waals surface area contributed by atoms with E-state index in [0.29, 0.717) is 10.8 Å². The number of anilines is 1. The van der Waals surface area contributed by atoms with E-state index in [-0.39, 0.29) is 12.4 Å². The second-order valence-corrected chi connectivity index (χ2v) is 5.85. The lowest BCUT2D eigenvalue weighted by molar-refractivity contribution is -0.138. The molecular formula is C14H20ClN3O3. The van der Waals surface area contributed by atoms with Gasteiger partial charge in [0.15, 0.2) is 5.82 Å². The quantitative estimate of drug-likeness (QED) is 0.901. The van der Waals surface area contributed by atoms with Crippen LogP contribution in [0.2, 0.25) is 5.02 Å². The molecule has 0 aliphatic heterocycles. The number of nitrogens with zero attached hydrogens (tertiary/aromatic N) is 3. The van der Waals surface area contributed by atoms with E-state index in [1.807, 2.05) is 11.9 Å². The van der Waals surface area contributed by atoms with Gasteiger partial charge in [0.1, 0.15) is 5.02 Å². The molecule has 0 amide bonds.